The topological polar surface area (TPSA) is 44.1 Å². The number of likely N-dealkylation sites (tertiary alicyclic amines) is 1. The maximum Gasteiger partial charge on any atom is 0.254 e. The Hall–Kier alpha value is -1.82. The number of amides is 1. The van der Waals surface area contributed by atoms with Gasteiger partial charge >= 0.3 is 0 Å². The molecular weight excluding hydrogens is 236 g/mol. The lowest BCUT2D eigenvalue weighted by atomic mass is 9.99. The lowest BCUT2D eigenvalue weighted by Crippen LogP contribution is -2.42. The van der Waals surface area contributed by atoms with Gasteiger partial charge in [0.2, 0.25) is 0 Å². The molecule has 0 radical (unpaired) electrons. The van der Waals surface area contributed by atoms with E-state index in [9.17, 15) is 4.79 Å². The van der Waals surface area contributed by atoms with Gasteiger partial charge in [0.05, 0.1) is 6.07 Å². The molecule has 1 unspecified atom stereocenters. The molecule has 1 aromatic rings. The lowest BCUT2D eigenvalue weighted by molar-refractivity contribution is 0.0670. The number of carbonyl (C=O) groups is 1. The summed E-state index contributed by atoms with van der Waals surface area (Å²) in [5, 5.41) is 9.13. The van der Waals surface area contributed by atoms with Crippen molar-refractivity contribution in [2.24, 2.45) is 0 Å². The van der Waals surface area contributed by atoms with Gasteiger partial charge in [-0.1, -0.05) is 26.0 Å². The Kier molecular flexibility index (Phi) is 4.21. The summed E-state index contributed by atoms with van der Waals surface area (Å²) in [4.78, 5) is 14.1. The fraction of sp³-hybridized carbons (Fsp3) is 0.500. The summed E-state index contributed by atoms with van der Waals surface area (Å²) in [6, 6.07) is 9.74. The molecule has 1 aromatic carbocycles. The van der Waals surface area contributed by atoms with Crippen molar-refractivity contribution in [1.82, 2.24) is 4.90 Å². The average molecular weight is 256 g/mol. The molecule has 1 aliphatic rings. The number of benzene rings is 1. The van der Waals surface area contributed by atoms with Crippen molar-refractivity contribution < 1.29 is 4.79 Å². The lowest BCUT2D eigenvalue weighted by Gasteiger charge is -2.31. The average Bonchev–Trinajstić information content (AvgIpc) is 2.46. The molecule has 1 heterocycles. The SMILES string of the molecule is CC(C)c1ccc(C(=O)N2CCCCC2C#N)cc1. The molecule has 0 N–H and O–H groups in total. The third-order valence-electron chi connectivity index (χ3n) is 3.74. The van der Waals surface area contributed by atoms with E-state index in [4.69, 9.17) is 5.26 Å². The Balaban J connectivity index is 2.16. The predicted octanol–water partition coefficient (Wildman–Crippen LogP) is 3.33. The van der Waals surface area contributed by atoms with E-state index >= 15 is 0 Å². The van der Waals surface area contributed by atoms with Crippen molar-refractivity contribution in [1.29, 1.82) is 5.26 Å². The Morgan fingerprint density at radius 1 is 1.32 bits per heavy atom. The predicted molar refractivity (Wildman–Crippen MR) is 74.8 cm³/mol. The highest BCUT2D eigenvalue weighted by Crippen LogP contribution is 2.20. The van der Waals surface area contributed by atoms with Crippen LogP contribution in [0.25, 0.3) is 0 Å². The van der Waals surface area contributed by atoms with Crippen molar-refractivity contribution in [2.45, 2.75) is 45.1 Å². The van der Waals surface area contributed by atoms with Crippen molar-refractivity contribution >= 4 is 5.91 Å². The van der Waals surface area contributed by atoms with Gasteiger partial charge in [-0.3, -0.25) is 4.79 Å². The number of nitrogens with zero attached hydrogens (tertiary/aromatic N) is 2. The molecule has 100 valence electrons. The Bertz CT molecular complexity index is 484. The van der Waals surface area contributed by atoms with Crippen LogP contribution in [0.4, 0.5) is 0 Å². The maximum absolute atomic E-state index is 12.4. The van der Waals surface area contributed by atoms with E-state index in [2.05, 4.69) is 19.9 Å². The monoisotopic (exact) mass is 256 g/mol. The van der Waals surface area contributed by atoms with E-state index in [1.807, 2.05) is 24.3 Å². The van der Waals surface area contributed by atoms with E-state index < -0.39 is 0 Å². The standard InChI is InChI=1S/C16H20N2O/c1-12(2)13-6-8-14(9-7-13)16(19)18-10-4-3-5-15(18)11-17/h6-9,12,15H,3-5,10H2,1-2H3. The second-order valence-corrected chi connectivity index (χ2v) is 5.42. The summed E-state index contributed by atoms with van der Waals surface area (Å²) in [6.45, 7) is 4.96. The number of carbonyl (C=O) groups excluding carboxylic acids is 1. The molecule has 1 amide bonds. The smallest absolute Gasteiger partial charge is 0.254 e. The Morgan fingerprint density at radius 3 is 2.58 bits per heavy atom. The van der Waals surface area contributed by atoms with Gasteiger partial charge in [-0.25, -0.2) is 0 Å². The van der Waals surface area contributed by atoms with Gasteiger partial charge in [-0.15, -0.1) is 0 Å². The number of hydrogen-bond acceptors (Lipinski definition) is 2. The fourth-order valence-corrected chi connectivity index (χ4v) is 2.49. The van der Waals surface area contributed by atoms with Crippen LogP contribution in [0.15, 0.2) is 24.3 Å². The molecule has 0 aromatic heterocycles. The first-order valence-electron chi connectivity index (χ1n) is 6.94. The van der Waals surface area contributed by atoms with Gasteiger partial charge in [-0.2, -0.15) is 5.26 Å². The number of hydrogen-bond donors (Lipinski definition) is 0. The molecule has 2 rings (SSSR count). The highest BCUT2D eigenvalue weighted by atomic mass is 16.2. The molecule has 1 aliphatic heterocycles. The second kappa shape index (κ2) is 5.88. The van der Waals surface area contributed by atoms with Crippen LogP contribution in [0.5, 0.6) is 0 Å². The van der Waals surface area contributed by atoms with Gasteiger partial charge in [0.25, 0.3) is 5.91 Å². The highest BCUT2D eigenvalue weighted by Gasteiger charge is 2.27. The van der Waals surface area contributed by atoms with Crippen LogP contribution in [0.3, 0.4) is 0 Å². The Morgan fingerprint density at radius 2 is 2.00 bits per heavy atom. The highest BCUT2D eigenvalue weighted by molar-refractivity contribution is 5.94. The van der Waals surface area contributed by atoms with Crippen LogP contribution >= 0.6 is 0 Å². The molecule has 1 saturated heterocycles. The third-order valence-corrected chi connectivity index (χ3v) is 3.74. The maximum atomic E-state index is 12.4. The zero-order valence-electron chi connectivity index (χ0n) is 11.6. The molecule has 1 fully saturated rings. The summed E-state index contributed by atoms with van der Waals surface area (Å²) in [5.74, 6) is 0.451. The number of rotatable bonds is 2. The van der Waals surface area contributed by atoms with E-state index in [1.54, 1.807) is 4.90 Å². The molecule has 0 bridgehead atoms. The number of piperidine rings is 1. The van der Waals surface area contributed by atoms with Crippen LogP contribution in [0, 0.1) is 11.3 Å². The largest absolute Gasteiger partial charge is 0.323 e. The summed E-state index contributed by atoms with van der Waals surface area (Å²) in [5.41, 5.74) is 1.92. The van der Waals surface area contributed by atoms with Crippen LogP contribution in [-0.2, 0) is 0 Å². The van der Waals surface area contributed by atoms with E-state index in [0.29, 0.717) is 18.0 Å². The zero-order valence-corrected chi connectivity index (χ0v) is 11.6. The quantitative estimate of drug-likeness (QED) is 0.814. The summed E-state index contributed by atoms with van der Waals surface area (Å²) in [6.07, 6.45) is 2.83. The minimum absolute atomic E-state index is 0.0124. The van der Waals surface area contributed by atoms with Crippen LogP contribution < -0.4 is 0 Å². The molecule has 1 atom stereocenters. The van der Waals surface area contributed by atoms with Crippen LogP contribution in [0.1, 0.15) is 54.9 Å². The van der Waals surface area contributed by atoms with Gasteiger partial charge in [-0.05, 0) is 42.9 Å². The van der Waals surface area contributed by atoms with Gasteiger partial charge < -0.3 is 4.90 Å². The van der Waals surface area contributed by atoms with Crippen LogP contribution in [0.2, 0.25) is 0 Å². The summed E-state index contributed by atoms with van der Waals surface area (Å²) in [7, 11) is 0. The van der Waals surface area contributed by atoms with Gasteiger partial charge in [0.15, 0.2) is 0 Å². The first-order chi connectivity index (χ1) is 9.13. The van der Waals surface area contributed by atoms with Crippen molar-refractivity contribution in [3.05, 3.63) is 35.4 Å². The third kappa shape index (κ3) is 2.96. The Labute approximate surface area is 114 Å². The van der Waals surface area contributed by atoms with E-state index in [1.165, 1.54) is 5.56 Å². The first-order valence-corrected chi connectivity index (χ1v) is 6.94. The molecule has 19 heavy (non-hydrogen) atoms. The minimum atomic E-state index is -0.258. The normalized spacial score (nSPS) is 19.3. The molecule has 3 nitrogen and oxygen atoms in total. The molecular formula is C16H20N2O. The van der Waals surface area contributed by atoms with Crippen molar-refractivity contribution in [2.75, 3.05) is 6.54 Å². The van der Waals surface area contributed by atoms with E-state index in [-0.39, 0.29) is 11.9 Å². The van der Waals surface area contributed by atoms with Gasteiger partial charge in [0, 0.05) is 12.1 Å². The van der Waals surface area contributed by atoms with E-state index in [0.717, 1.165) is 19.3 Å². The zero-order chi connectivity index (χ0) is 13.8. The first kappa shape index (κ1) is 13.6. The molecule has 3 heteroatoms. The van der Waals surface area contributed by atoms with Crippen LogP contribution in [-0.4, -0.2) is 23.4 Å². The van der Waals surface area contributed by atoms with Crippen molar-refractivity contribution in [3.8, 4) is 6.07 Å². The second-order valence-electron chi connectivity index (χ2n) is 5.42. The van der Waals surface area contributed by atoms with Gasteiger partial charge in [0.1, 0.15) is 6.04 Å². The van der Waals surface area contributed by atoms with Crippen molar-refractivity contribution in [3.63, 3.8) is 0 Å². The molecule has 0 aliphatic carbocycles. The molecule has 0 spiro atoms. The number of nitriles is 1. The summed E-state index contributed by atoms with van der Waals surface area (Å²) < 4.78 is 0. The summed E-state index contributed by atoms with van der Waals surface area (Å²) >= 11 is 0. The molecule has 0 saturated carbocycles. The fourth-order valence-electron chi connectivity index (χ4n) is 2.49. The minimum Gasteiger partial charge on any atom is -0.323 e.